The molecule has 0 N–H and O–H groups in total. The summed E-state index contributed by atoms with van der Waals surface area (Å²) in [6.07, 6.45) is 25.7. The van der Waals surface area contributed by atoms with E-state index in [0.29, 0.717) is 0 Å². The van der Waals surface area contributed by atoms with Crippen LogP contribution in [0.15, 0.2) is 72.8 Å². The standard InChI is InChI=1S/C114H152/c1-33-108(34-2)60-101(19,20)92-78(108)55-77-91(100(17,18)59-99(77,15)16)87(92)69-47-67-48-70(88-93-79(109(35-3,36-4)61-102(93,21)22)56-80-94(88)103(23,24)62-110(80,37-5)38-6)53-75-76-54-72(90-97-83(113(43-11,44-12)65-106(97,29)30)58-84-98(90)107(31,32)66-114(84,45-13)46-14)50-68-49-71(52-74(86(68)76)73(51-69)85(67)75)89-95-81(111(39-7,40-8)63-104(95,25)26)57-82-96(89)105(27,28)64-112(82,41-9)42-10/h47-58H,33-46,59-66H2,1-32H3. The van der Waals surface area contributed by atoms with E-state index in [4.69, 9.17) is 0 Å². The van der Waals surface area contributed by atoms with Crippen LogP contribution in [0.25, 0.3) is 87.6 Å². The zero-order chi connectivity index (χ0) is 82.5. The minimum atomic E-state index is -0.0500. The second-order valence-corrected chi connectivity index (χ2v) is 47.0. The van der Waals surface area contributed by atoms with Crippen molar-refractivity contribution in [3.8, 4) is 44.5 Å². The molecule has 0 heterocycles. The van der Waals surface area contributed by atoms with Crippen molar-refractivity contribution in [2.24, 2.45) is 0 Å². The lowest BCUT2D eigenvalue weighted by Crippen LogP contribution is -2.26. The molecule has 608 valence electrons. The Morgan fingerprint density at radius 3 is 0.491 bits per heavy atom. The smallest absolute Gasteiger partial charge is 0.00255 e. The Bertz CT molecular complexity index is 5180. The molecule has 8 aliphatic carbocycles. The maximum Gasteiger partial charge on any atom is -0.00255 e. The number of fused-ring (bicyclic) bond motifs is 10. The first-order valence-electron chi connectivity index (χ1n) is 47.4. The van der Waals surface area contributed by atoms with Crippen LogP contribution in [-0.2, 0) is 86.6 Å². The third-order valence-electron chi connectivity index (χ3n) is 37.1. The summed E-state index contributed by atoms with van der Waals surface area (Å²) < 4.78 is 0. The molecule has 0 heteroatoms. The molecule has 0 amide bonds. The molecule has 0 saturated carbocycles. The van der Waals surface area contributed by atoms with Crippen molar-refractivity contribution in [2.75, 3.05) is 0 Å². The van der Waals surface area contributed by atoms with E-state index in [0.717, 1.165) is 96.3 Å². The lowest BCUT2D eigenvalue weighted by atomic mass is 9.71. The summed E-state index contributed by atoms with van der Waals surface area (Å²) in [6, 6.07) is 34.5. The predicted octanol–water partition coefficient (Wildman–Crippen LogP) is 33.5. The minimum Gasteiger partial charge on any atom is -0.0645 e. The topological polar surface area (TPSA) is 0 Å². The molecule has 8 aliphatic rings. The van der Waals surface area contributed by atoms with E-state index in [1.807, 2.05) is 0 Å². The van der Waals surface area contributed by atoms with E-state index in [1.54, 1.807) is 111 Å². The Labute approximate surface area is 694 Å². The van der Waals surface area contributed by atoms with Crippen LogP contribution in [0.4, 0.5) is 0 Å². The molecule has 17 rings (SSSR count). The number of benzene rings is 9. The van der Waals surface area contributed by atoms with Crippen LogP contribution < -0.4 is 0 Å². The van der Waals surface area contributed by atoms with Gasteiger partial charge in [-0.15, -0.1) is 0 Å². The van der Waals surface area contributed by atoms with Gasteiger partial charge in [0.15, 0.2) is 0 Å². The Kier molecular flexibility index (Phi) is 17.7. The van der Waals surface area contributed by atoms with Crippen molar-refractivity contribution in [3.05, 3.63) is 162 Å². The van der Waals surface area contributed by atoms with E-state index in [1.165, 1.54) is 110 Å². The van der Waals surface area contributed by atoms with Crippen LogP contribution in [0.2, 0.25) is 0 Å². The lowest BCUT2D eigenvalue weighted by molar-refractivity contribution is 0.322. The van der Waals surface area contributed by atoms with Gasteiger partial charge in [-0.1, -0.05) is 246 Å². The maximum absolute atomic E-state index is 2.89. The molecule has 9 aromatic carbocycles. The van der Waals surface area contributed by atoms with Crippen LogP contribution in [-0.4, -0.2) is 0 Å². The molecule has 0 radical (unpaired) electrons. The van der Waals surface area contributed by atoms with Gasteiger partial charge >= 0.3 is 0 Å². The minimum absolute atomic E-state index is 0.0157. The third-order valence-corrected chi connectivity index (χ3v) is 37.1. The van der Waals surface area contributed by atoms with Gasteiger partial charge < -0.3 is 0 Å². The first kappa shape index (κ1) is 80.7. The van der Waals surface area contributed by atoms with Crippen molar-refractivity contribution in [1.29, 1.82) is 0 Å². The number of rotatable bonds is 18. The Morgan fingerprint density at radius 2 is 0.325 bits per heavy atom. The molecule has 0 spiro atoms. The first-order valence-corrected chi connectivity index (χ1v) is 47.4. The fraction of sp³-hybridized carbons (Fsp3) is 0.614. The van der Waals surface area contributed by atoms with Gasteiger partial charge in [0.2, 0.25) is 0 Å². The highest BCUT2D eigenvalue weighted by Gasteiger charge is 2.60. The van der Waals surface area contributed by atoms with E-state index < -0.39 is 0 Å². The zero-order valence-corrected chi connectivity index (χ0v) is 78.5. The van der Waals surface area contributed by atoms with Gasteiger partial charge in [-0.3, -0.25) is 0 Å². The number of hydrogen-bond acceptors (Lipinski definition) is 0. The molecule has 0 atom stereocenters. The van der Waals surface area contributed by atoms with E-state index in [9.17, 15) is 0 Å². The predicted molar refractivity (Wildman–Crippen MR) is 499 cm³/mol. The van der Waals surface area contributed by atoms with Crippen molar-refractivity contribution in [3.63, 3.8) is 0 Å². The zero-order valence-electron chi connectivity index (χ0n) is 78.5. The van der Waals surface area contributed by atoms with Crippen LogP contribution >= 0.6 is 0 Å². The highest BCUT2D eigenvalue weighted by atomic mass is 14.6. The van der Waals surface area contributed by atoms with Gasteiger partial charge in [0.25, 0.3) is 0 Å². The summed E-state index contributed by atoms with van der Waals surface area (Å²) in [6.45, 7) is 83.4. The fourth-order valence-corrected chi connectivity index (χ4v) is 32.1. The van der Waals surface area contributed by atoms with Crippen molar-refractivity contribution in [1.82, 2.24) is 0 Å². The summed E-state index contributed by atoms with van der Waals surface area (Å²) in [5.74, 6) is 0. The molecule has 114 heavy (non-hydrogen) atoms. The molecule has 0 aliphatic heterocycles. The van der Waals surface area contributed by atoms with E-state index >= 15 is 0 Å². The average Bonchev–Trinajstić information content (AvgIpc) is 1.42. The molecule has 0 saturated heterocycles. The second kappa shape index (κ2) is 25.0. The summed E-state index contributed by atoms with van der Waals surface area (Å²) in [7, 11) is 0. The molecular formula is C114H152. The summed E-state index contributed by atoms with van der Waals surface area (Å²) >= 11 is 0. The van der Waals surface area contributed by atoms with Gasteiger partial charge in [-0.05, 0) is 453 Å². The normalized spacial score (nSPS) is 23.4. The number of hydrogen-bond donors (Lipinski definition) is 0. The van der Waals surface area contributed by atoms with Gasteiger partial charge in [-0.25, -0.2) is 0 Å². The van der Waals surface area contributed by atoms with Crippen molar-refractivity contribution >= 4 is 43.1 Å². The molecule has 0 nitrogen and oxygen atoms in total. The third kappa shape index (κ3) is 10.2. The monoisotopic (exact) mass is 1520 g/mol. The van der Waals surface area contributed by atoms with Crippen LogP contribution in [0.1, 0.15) is 452 Å². The Morgan fingerprint density at radius 1 is 0.175 bits per heavy atom. The Hall–Kier alpha value is -5.72. The van der Waals surface area contributed by atoms with Crippen molar-refractivity contribution in [2.45, 2.75) is 449 Å². The molecule has 9 aromatic rings. The molecule has 0 fully saturated rings. The highest BCUT2D eigenvalue weighted by Crippen LogP contribution is 2.71. The van der Waals surface area contributed by atoms with Gasteiger partial charge in [0.05, 0.1) is 0 Å². The SMILES string of the molecule is CCC1(CC)CC(C)(C)c2c1cc1c(c2-c2cc3cc(-c4c5c(cc6c4C(C)(C)CC6(CC)CC)C(CC)(CC)CC5(C)C)cc4c5cc(-c6c7c(cc8c6C(C)(C)CC8(CC)CC)C(CC)(CC)CC7(C)C)cc6cc(-c7c8c(cc9c7C(C)(C)CC9(CC)CC)C(CC)(CC)CC8(C)C)cc(c(c2)c34)c65)C(C)(C)CC1(C)C. The van der Waals surface area contributed by atoms with Crippen LogP contribution in [0.3, 0.4) is 0 Å². The summed E-state index contributed by atoms with van der Waals surface area (Å²) in [4.78, 5) is 0. The largest absolute Gasteiger partial charge is 0.0645 e. The molecule has 0 bridgehead atoms. The maximum atomic E-state index is 2.89. The Balaban J connectivity index is 1.16. The van der Waals surface area contributed by atoms with E-state index in [2.05, 4.69) is 294 Å². The lowest BCUT2D eigenvalue weighted by Gasteiger charge is -2.33. The van der Waals surface area contributed by atoms with E-state index in [-0.39, 0.29) is 86.6 Å². The van der Waals surface area contributed by atoms with Crippen LogP contribution in [0.5, 0.6) is 0 Å². The highest BCUT2D eigenvalue weighted by molar-refractivity contribution is 6.35. The average molecular weight is 1520 g/mol. The van der Waals surface area contributed by atoms with Gasteiger partial charge in [-0.2, -0.15) is 0 Å². The van der Waals surface area contributed by atoms with Gasteiger partial charge in [0, 0.05) is 0 Å². The van der Waals surface area contributed by atoms with Gasteiger partial charge in [0.1, 0.15) is 0 Å². The summed E-state index contributed by atoms with van der Waals surface area (Å²) in [5.41, 5.74) is 39.1. The summed E-state index contributed by atoms with van der Waals surface area (Å²) in [5, 5.41) is 11.6. The van der Waals surface area contributed by atoms with Crippen molar-refractivity contribution < 1.29 is 0 Å². The van der Waals surface area contributed by atoms with Crippen LogP contribution in [0, 0.1) is 0 Å². The molecule has 0 aromatic heterocycles. The first-order chi connectivity index (χ1) is 53.3. The second-order valence-electron chi connectivity index (χ2n) is 47.0. The molecular weight excluding hydrogens is 1370 g/mol. The quantitative estimate of drug-likeness (QED) is 0.0593. The fourth-order valence-electron chi connectivity index (χ4n) is 32.1. The molecule has 0 unspecified atom stereocenters.